The molecule has 1 aromatic heterocycles. The summed E-state index contributed by atoms with van der Waals surface area (Å²) < 4.78 is 0. The third kappa shape index (κ3) is 28.0. The zero-order valence-electron chi connectivity index (χ0n) is 13.8. The molecule has 13 heteroatoms. The van der Waals surface area contributed by atoms with Gasteiger partial charge >= 0.3 is 6.03 Å². The predicted molar refractivity (Wildman–Crippen MR) is 96.3 cm³/mol. The maximum Gasteiger partial charge on any atom is 0.309 e. The van der Waals surface area contributed by atoms with Crippen LogP contribution in [0.3, 0.4) is 0 Å². The average Bonchev–Trinajstić information content (AvgIpc) is 2.60. The molecule has 2 amide bonds. The Bertz CT molecular complexity index is 529. The lowest BCUT2D eigenvalue weighted by molar-refractivity contribution is -0.0987. The Morgan fingerprint density at radius 1 is 0.731 bits per heavy atom. The zero-order valence-corrected chi connectivity index (χ0v) is 13.8. The molecule has 0 radical (unpaired) electrons. The lowest BCUT2D eigenvalue weighted by Crippen LogP contribution is -2.18. The van der Waals surface area contributed by atoms with Gasteiger partial charge in [-0.05, 0) is 12.1 Å². The number of hydrogen-bond acceptors (Lipinski definition) is 11. The Labute approximate surface area is 149 Å². The highest BCUT2D eigenvalue weighted by Gasteiger charge is 1.93. The molecule has 144 valence electrons. The van der Waals surface area contributed by atoms with Crippen molar-refractivity contribution in [2.75, 3.05) is 17.2 Å². The van der Waals surface area contributed by atoms with Gasteiger partial charge in [0.2, 0.25) is 17.8 Å². The first kappa shape index (κ1) is 29.7. The van der Waals surface area contributed by atoms with E-state index in [0.29, 0.717) is 5.75 Å². The number of aromatic hydroxyl groups is 1. The van der Waals surface area contributed by atoms with Crippen molar-refractivity contribution in [2.24, 2.45) is 11.5 Å². The van der Waals surface area contributed by atoms with Crippen LogP contribution >= 0.6 is 0 Å². The van der Waals surface area contributed by atoms with E-state index in [1.165, 1.54) is 0 Å². The molecule has 0 saturated carbocycles. The summed E-state index contributed by atoms with van der Waals surface area (Å²) in [6, 6.07) is 7.88. The Hall–Kier alpha value is -4.29. The summed E-state index contributed by atoms with van der Waals surface area (Å²) in [5.41, 5.74) is 23.9. The van der Waals surface area contributed by atoms with Crippen LogP contribution in [0, 0.1) is 0 Å². The Kier molecular flexibility index (Phi) is 26.2. The number of urea groups is 1. The van der Waals surface area contributed by atoms with Crippen LogP contribution in [0.2, 0.25) is 0 Å². The van der Waals surface area contributed by atoms with E-state index in [-0.39, 0.29) is 17.8 Å². The summed E-state index contributed by atoms with van der Waals surface area (Å²) in [7, 11) is 0. The smallest absolute Gasteiger partial charge is 0.309 e. The number of nitrogen functional groups attached to an aromatic ring is 3. The van der Waals surface area contributed by atoms with Gasteiger partial charge in [0.15, 0.2) is 0 Å². The van der Waals surface area contributed by atoms with Gasteiger partial charge < -0.3 is 48.2 Å². The molecule has 26 heavy (non-hydrogen) atoms. The second-order valence-electron chi connectivity index (χ2n) is 3.15. The molecule has 0 atom stereocenters. The van der Waals surface area contributed by atoms with Gasteiger partial charge in [0.25, 0.3) is 0 Å². The average molecular weight is 370 g/mol. The van der Waals surface area contributed by atoms with Crippen molar-refractivity contribution in [3.8, 4) is 5.75 Å². The number of amides is 2. The number of nitrogens with zero attached hydrogens (tertiary/aromatic N) is 3. The van der Waals surface area contributed by atoms with Crippen LogP contribution in [0.5, 0.6) is 5.75 Å². The third-order valence-electron chi connectivity index (χ3n) is 1.44. The van der Waals surface area contributed by atoms with Crippen LogP contribution < -0.4 is 28.7 Å². The first-order chi connectivity index (χ1) is 12.3. The number of phenols is 1. The maximum absolute atomic E-state index is 9.00. The molecule has 0 bridgehead atoms. The van der Waals surface area contributed by atoms with Crippen molar-refractivity contribution in [1.29, 1.82) is 0 Å². The van der Waals surface area contributed by atoms with Crippen LogP contribution in [0.4, 0.5) is 22.6 Å². The molecule has 1 heterocycles. The van der Waals surface area contributed by atoms with E-state index in [1.54, 1.807) is 24.3 Å². The van der Waals surface area contributed by atoms with Crippen molar-refractivity contribution < 1.29 is 24.3 Å². The van der Waals surface area contributed by atoms with Crippen LogP contribution in [-0.2, 0) is 14.4 Å². The van der Waals surface area contributed by atoms with Crippen LogP contribution in [0.15, 0.2) is 30.3 Å². The van der Waals surface area contributed by atoms with Gasteiger partial charge in [-0.2, -0.15) is 15.0 Å². The molecule has 0 aliphatic heterocycles. The van der Waals surface area contributed by atoms with Gasteiger partial charge in [-0.3, -0.25) is 0 Å². The SMILES string of the molecule is C=O.C=O.C=O.NC(N)=O.Nc1nc(N)nc(N)n1.Oc1ccccc1. The van der Waals surface area contributed by atoms with Gasteiger partial charge in [-0.15, -0.1) is 0 Å². The first-order valence-corrected chi connectivity index (χ1v) is 5.99. The molecule has 0 saturated heterocycles. The van der Waals surface area contributed by atoms with E-state index in [2.05, 4.69) is 26.4 Å². The van der Waals surface area contributed by atoms with E-state index < -0.39 is 6.03 Å². The molecule has 0 fully saturated rings. The quantitative estimate of drug-likeness (QED) is 0.310. The fraction of sp³-hybridized carbons (Fsp3) is 0. The molecule has 0 spiro atoms. The molecule has 13 nitrogen and oxygen atoms in total. The second kappa shape index (κ2) is 23.0. The molecule has 2 aromatic rings. The number of aromatic nitrogens is 3. The molecule has 0 aliphatic carbocycles. The van der Waals surface area contributed by atoms with Gasteiger partial charge in [0, 0.05) is 0 Å². The van der Waals surface area contributed by atoms with E-state index in [9.17, 15) is 0 Å². The summed E-state index contributed by atoms with van der Waals surface area (Å²) in [4.78, 5) is 43.5. The van der Waals surface area contributed by atoms with Crippen molar-refractivity contribution in [3.63, 3.8) is 0 Å². The van der Waals surface area contributed by atoms with Crippen molar-refractivity contribution in [1.82, 2.24) is 15.0 Å². The summed E-state index contributed by atoms with van der Waals surface area (Å²) in [6.45, 7) is 6.00. The number of carbonyl (C=O) groups is 4. The maximum atomic E-state index is 9.00. The predicted octanol–water partition coefficient (Wildman–Crippen LogP) is -1.52. The molecule has 2 rings (SSSR count). The zero-order chi connectivity index (χ0) is 21.5. The van der Waals surface area contributed by atoms with Gasteiger partial charge in [0.05, 0.1) is 0 Å². The molecule has 1 aromatic carbocycles. The largest absolute Gasteiger partial charge is 0.508 e. The van der Waals surface area contributed by atoms with Gasteiger partial charge in [-0.25, -0.2) is 4.79 Å². The summed E-state index contributed by atoms with van der Waals surface area (Å²) >= 11 is 0. The fourth-order valence-electron chi connectivity index (χ4n) is 0.855. The van der Waals surface area contributed by atoms with E-state index in [4.69, 9.17) is 41.5 Å². The lowest BCUT2D eigenvalue weighted by atomic mass is 10.3. The van der Waals surface area contributed by atoms with Crippen LogP contribution in [0.25, 0.3) is 0 Å². The third-order valence-corrected chi connectivity index (χ3v) is 1.44. The van der Waals surface area contributed by atoms with Gasteiger partial charge in [-0.1, -0.05) is 18.2 Å². The van der Waals surface area contributed by atoms with E-state index >= 15 is 0 Å². The van der Waals surface area contributed by atoms with Crippen molar-refractivity contribution in [3.05, 3.63) is 30.3 Å². The first-order valence-electron chi connectivity index (χ1n) is 5.99. The molecular formula is C13H22N8O5. The number of benzene rings is 1. The number of hydrogen-bond donors (Lipinski definition) is 6. The monoisotopic (exact) mass is 370 g/mol. The molecular weight excluding hydrogens is 348 g/mol. The number of anilines is 3. The molecule has 0 unspecified atom stereocenters. The second-order valence-corrected chi connectivity index (χ2v) is 3.15. The number of rotatable bonds is 0. The Balaban J connectivity index is -0.000000128. The van der Waals surface area contributed by atoms with E-state index in [0.717, 1.165) is 0 Å². The molecule has 0 aliphatic rings. The van der Waals surface area contributed by atoms with Crippen LogP contribution in [0.1, 0.15) is 0 Å². The normalized spacial score (nSPS) is 6.92. The number of para-hydroxylation sites is 1. The summed E-state index contributed by atoms with van der Waals surface area (Å²) in [5.74, 6) is 0.447. The highest BCUT2D eigenvalue weighted by atomic mass is 16.3. The fourth-order valence-corrected chi connectivity index (χ4v) is 0.855. The number of primary amides is 2. The molecule has 11 N–H and O–H groups in total. The minimum Gasteiger partial charge on any atom is -0.508 e. The Morgan fingerprint density at radius 2 is 0.962 bits per heavy atom. The van der Waals surface area contributed by atoms with Crippen molar-refractivity contribution in [2.45, 2.75) is 0 Å². The van der Waals surface area contributed by atoms with Crippen LogP contribution in [-0.4, -0.2) is 46.5 Å². The van der Waals surface area contributed by atoms with Gasteiger partial charge in [0.1, 0.15) is 26.1 Å². The van der Waals surface area contributed by atoms with Crippen molar-refractivity contribution >= 4 is 44.2 Å². The highest BCUT2D eigenvalue weighted by molar-refractivity contribution is 5.69. The summed E-state index contributed by atoms with van der Waals surface area (Å²) in [6.07, 6.45) is 0. The summed E-state index contributed by atoms with van der Waals surface area (Å²) in [5, 5.41) is 8.63. The topological polar surface area (TPSA) is 257 Å². The van der Waals surface area contributed by atoms with E-state index in [1.807, 2.05) is 26.4 Å². The number of nitrogens with two attached hydrogens (primary N) is 5. The lowest BCUT2D eigenvalue weighted by Gasteiger charge is -1.93. The minimum absolute atomic E-state index is 0.0417. The Morgan fingerprint density at radius 3 is 1.12 bits per heavy atom. The number of phenolic OH excluding ortho intramolecular Hbond substituents is 1. The number of carbonyl (C=O) groups excluding carboxylic acids is 4. The highest BCUT2D eigenvalue weighted by Crippen LogP contribution is 2.02. The minimum atomic E-state index is -0.833. The standard InChI is InChI=1S/C6H6O.C3H6N6.CH4N2O.3CH2O/c7-6-4-2-1-3-5-6;4-1-7-2(5)9-3(6)8-1;2-1(3)4;3*1-2/h1-5,7H;(H6,4,5,6,7,8,9);(H4,2,3,4);3*1H2.